The highest BCUT2D eigenvalue weighted by atomic mass is 16.8. The van der Waals surface area contributed by atoms with E-state index >= 15 is 0 Å². The number of aliphatic hydroxyl groups excluding tert-OH is 1. The standard InChI is InChI=1S/C3H7NO3/c4-7-3-2(1-5)6-3/h2-3,5H,1,4H2. The number of ether oxygens (including phenoxy) is 1. The highest BCUT2D eigenvalue weighted by molar-refractivity contribution is 4.73. The third kappa shape index (κ3) is 0.889. The molecule has 0 amide bonds. The molecule has 1 aliphatic rings. The molecule has 0 aliphatic carbocycles. The largest absolute Gasteiger partial charge is 0.393 e. The maximum Gasteiger partial charge on any atom is 0.206 e. The second kappa shape index (κ2) is 1.75. The van der Waals surface area contributed by atoms with Crippen LogP contribution in [0.2, 0.25) is 0 Å². The lowest BCUT2D eigenvalue weighted by Crippen LogP contribution is -2.07. The minimum Gasteiger partial charge on any atom is -0.393 e. The first kappa shape index (κ1) is 4.99. The molecule has 0 spiro atoms. The summed E-state index contributed by atoms with van der Waals surface area (Å²) in [5, 5.41) is 8.25. The molecule has 1 heterocycles. The lowest BCUT2D eigenvalue weighted by molar-refractivity contribution is 0.0503. The van der Waals surface area contributed by atoms with Gasteiger partial charge in [-0.25, -0.2) is 5.90 Å². The van der Waals surface area contributed by atoms with E-state index in [9.17, 15) is 0 Å². The van der Waals surface area contributed by atoms with Crippen molar-refractivity contribution in [2.45, 2.75) is 12.4 Å². The predicted octanol–water partition coefficient (Wildman–Crippen LogP) is -1.41. The van der Waals surface area contributed by atoms with Crippen LogP contribution in [0.15, 0.2) is 0 Å². The summed E-state index contributed by atoms with van der Waals surface area (Å²) in [6, 6.07) is 0. The Bertz CT molecular complexity index is 59.2. The second-order valence-electron chi connectivity index (χ2n) is 1.36. The first-order valence-corrected chi connectivity index (χ1v) is 2.00. The number of nitrogens with two attached hydrogens (primary N) is 1. The second-order valence-corrected chi connectivity index (χ2v) is 1.36. The van der Waals surface area contributed by atoms with Gasteiger partial charge >= 0.3 is 0 Å². The van der Waals surface area contributed by atoms with Crippen LogP contribution in [0.25, 0.3) is 0 Å². The summed E-state index contributed by atoms with van der Waals surface area (Å²) in [6.07, 6.45) is -0.532. The van der Waals surface area contributed by atoms with Gasteiger partial charge in [0.25, 0.3) is 0 Å². The van der Waals surface area contributed by atoms with Crippen molar-refractivity contribution in [1.29, 1.82) is 0 Å². The van der Waals surface area contributed by atoms with Gasteiger partial charge in [0.05, 0.1) is 6.61 Å². The molecule has 0 saturated carbocycles. The van der Waals surface area contributed by atoms with E-state index < -0.39 is 0 Å². The lowest BCUT2D eigenvalue weighted by Gasteiger charge is -1.81. The molecule has 1 fully saturated rings. The molecule has 0 aromatic heterocycles. The minimum absolute atomic E-state index is 0.0120. The summed E-state index contributed by atoms with van der Waals surface area (Å²) in [6.45, 7) is -0.0120. The van der Waals surface area contributed by atoms with Crippen LogP contribution in [-0.2, 0) is 9.57 Å². The van der Waals surface area contributed by atoms with Crippen molar-refractivity contribution in [3.8, 4) is 0 Å². The summed E-state index contributed by atoms with van der Waals surface area (Å²) in [5.41, 5.74) is 0. The summed E-state index contributed by atoms with van der Waals surface area (Å²) in [4.78, 5) is 4.18. The Balaban J connectivity index is 2.06. The van der Waals surface area contributed by atoms with Gasteiger partial charge in [-0.3, -0.25) is 4.84 Å². The lowest BCUT2D eigenvalue weighted by atomic mass is 10.5. The Morgan fingerprint density at radius 3 is 2.71 bits per heavy atom. The summed E-state index contributed by atoms with van der Waals surface area (Å²) < 4.78 is 4.62. The fourth-order valence-corrected chi connectivity index (χ4v) is 0.376. The average molecular weight is 105 g/mol. The Labute approximate surface area is 40.8 Å². The van der Waals surface area contributed by atoms with Crippen LogP contribution in [-0.4, -0.2) is 24.1 Å². The quantitative estimate of drug-likeness (QED) is 0.334. The van der Waals surface area contributed by atoms with Crippen LogP contribution in [0, 0.1) is 0 Å². The monoisotopic (exact) mass is 105 g/mol. The molecule has 7 heavy (non-hydrogen) atoms. The number of hydrogen-bond acceptors (Lipinski definition) is 4. The van der Waals surface area contributed by atoms with Crippen LogP contribution >= 0.6 is 0 Å². The van der Waals surface area contributed by atoms with Gasteiger partial charge in [0.2, 0.25) is 6.29 Å². The van der Waals surface area contributed by atoms with Crippen LogP contribution in [0.5, 0.6) is 0 Å². The smallest absolute Gasteiger partial charge is 0.206 e. The summed E-state index contributed by atoms with van der Waals surface area (Å²) in [5.74, 6) is 4.66. The zero-order chi connectivity index (χ0) is 5.28. The highest BCUT2D eigenvalue weighted by Crippen LogP contribution is 2.19. The molecule has 42 valence electrons. The molecule has 0 aromatic rings. The Morgan fingerprint density at radius 1 is 1.86 bits per heavy atom. The SMILES string of the molecule is NOC1OC1CO. The molecule has 4 nitrogen and oxygen atoms in total. The van der Waals surface area contributed by atoms with Crippen molar-refractivity contribution in [3.63, 3.8) is 0 Å². The number of epoxide rings is 1. The van der Waals surface area contributed by atoms with E-state index in [1.165, 1.54) is 0 Å². The van der Waals surface area contributed by atoms with Gasteiger partial charge in [-0.1, -0.05) is 0 Å². The molecule has 0 aromatic carbocycles. The van der Waals surface area contributed by atoms with Gasteiger partial charge in [0, 0.05) is 0 Å². The number of rotatable bonds is 2. The molecule has 1 aliphatic heterocycles. The van der Waals surface area contributed by atoms with E-state index in [-0.39, 0.29) is 19.0 Å². The van der Waals surface area contributed by atoms with E-state index in [4.69, 9.17) is 5.11 Å². The molecule has 0 bridgehead atoms. The molecule has 2 unspecified atom stereocenters. The zero-order valence-corrected chi connectivity index (χ0v) is 3.70. The Morgan fingerprint density at radius 2 is 2.57 bits per heavy atom. The zero-order valence-electron chi connectivity index (χ0n) is 3.70. The van der Waals surface area contributed by atoms with Crippen LogP contribution in [0.4, 0.5) is 0 Å². The number of aliphatic hydroxyl groups is 1. The molecule has 4 heteroatoms. The maximum atomic E-state index is 8.25. The molecule has 1 rings (SSSR count). The molecular weight excluding hydrogens is 98.0 g/mol. The molecule has 1 saturated heterocycles. The van der Waals surface area contributed by atoms with Crippen molar-refractivity contribution < 1.29 is 14.7 Å². The minimum atomic E-state index is -0.356. The van der Waals surface area contributed by atoms with Gasteiger partial charge in [-0.15, -0.1) is 0 Å². The van der Waals surface area contributed by atoms with E-state index in [1.54, 1.807) is 0 Å². The molecule has 0 radical (unpaired) electrons. The van der Waals surface area contributed by atoms with Crippen molar-refractivity contribution in [3.05, 3.63) is 0 Å². The first-order chi connectivity index (χ1) is 3.38. The Kier molecular flexibility index (Phi) is 1.25. The van der Waals surface area contributed by atoms with E-state index in [2.05, 4.69) is 15.5 Å². The average Bonchev–Trinajstić information content (AvgIpc) is 2.43. The van der Waals surface area contributed by atoms with E-state index in [0.717, 1.165) is 0 Å². The molecular formula is C3H7NO3. The summed E-state index contributed by atoms with van der Waals surface area (Å²) in [7, 11) is 0. The van der Waals surface area contributed by atoms with Gasteiger partial charge < -0.3 is 9.84 Å². The van der Waals surface area contributed by atoms with Crippen molar-refractivity contribution in [2.75, 3.05) is 6.61 Å². The van der Waals surface area contributed by atoms with Gasteiger partial charge in [0.15, 0.2) is 0 Å². The van der Waals surface area contributed by atoms with Gasteiger partial charge in [-0.05, 0) is 0 Å². The van der Waals surface area contributed by atoms with Gasteiger partial charge in [-0.2, -0.15) is 0 Å². The van der Waals surface area contributed by atoms with Crippen LogP contribution in [0.3, 0.4) is 0 Å². The maximum absolute atomic E-state index is 8.25. The van der Waals surface area contributed by atoms with Crippen molar-refractivity contribution in [2.24, 2.45) is 5.90 Å². The van der Waals surface area contributed by atoms with Crippen molar-refractivity contribution >= 4 is 0 Å². The van der Waals surface area contributed by atoms with E-state index in [0.29, 0.717) is 0 Å². The molecule has 3 N–H and O–H groups in total. The third-order valence-electron chi connectivity index (χ3n) is 0.850. The topological polar surface area (TPSA) is 68.0 Å². The molecule has 2 atom stereocenters. The van der Waals surface area contributed by atoms with Gasteiger partial charge in [0.1, 0.15) is 6.10 Å². The fourth-order valence-electron chi connectivity index (χ4n) is 0.376. The van der Waals surface area contributed by atoms with Crippen LogP contribution < -0.4 is 5.90 Å². The highest BCUT2D eigenvalue weighted by Gasteiger charge is 2.39. The summed E-state index contributed by atoms with van der Waals surface area (Å²) >= 11 is 0. The predicted molar refractivity (Wildman–Crippen MR) is 21.0 cm³/mol. The van der Waals surface area contributed by atoms with Crippen molar-refractivity contribution in [1.82, 2.24) is 0 Å². The number of hydrogen-bond donors (Lipinski definition) is 2. The fraction of sp³-hybridized carbons (Fsp3) is 1.00. The Hall–Kier alpha value is -0.160. The third-order valence-corrected chi connectivity index (χ3v) is 0.850. The van der Waals surface area contributed by atoms with E-state index in [1.807, 2.05) is 0 Å². The van der Waals surface area contributed by atoms with Crippen LogP contribution in [0.1, 0.15) is 0 Å². The first-order valence-electron chi connectivity index (χ1n) is 2.00. The normalized spacial score (nSPS) is 38.6.